The highest BCUT2D eigenvalue weighted by Gasteiger charge is 2.75. The zero-order chi connectivity index (χ0) is 55.2. The maximum absolute atomic E-state index is 14.5. The van der Waals surface area contributed by atoms with Crippen molar-refractivity contribution in [2.45, 2.75) is 204 Å². The smallest absolute Gasteiger partial charge is 0.338 e. The summed E-state index contributed by atoms with van der Waals surface area (Å²) in [6.07, 6.45) is -41.6. The fourth-order valence-corrected chi connectivity index (χ4v) is 13.5. The van der Waals surface area contributed by atoms with Crippen molar-refractivity contribution >= 4 is 22.6 Å². The molecule has 29 heteroatoms. The summed E-state index contributed by atoms with van der Waals surface area (Å²) in [6.45, 7) is 4.56. The lowest BCUT2D eigenvalue weighted by atomic mass is 9.70. The van der Waals surface area contributed by atoms with Crippen LogP contribution < -0.4 is 4.74 Å². The summed E-state index contributed by atoms with van der Waals surface area (Å²) in [5, 5.41) is 142. The number of aromatic hydroxyl groups is 1. The number of methoxy groups -OCH3 is 1. The number of phenols is 1. The lowest BCUT2D eigenvalue weighted by Crippen LogP contribution is -2.68. The van der Waals surface area contributed by atoms with Crippen LogP contribution in [0.2, 0.25) is 0 Å². The lowest BCUT2D eigenvalue weighted by Gasteiger charge is -2.50. The second-order valence-electron chi connectivity index (χ2n) is 20.9. The van der Waals surface area contributed by atoms with Crippen molar-refractivity contribution in [1.29, 1.82) is 0 Å². The van der Waals surface area contributed by atoms with E-state index in [0.29, 0.717) is 0 Å². The van der Waals surface area contributed by atoms with Gasteiger partial charge in [-0.15, -0.1) is 0 Å². The highest BCUT2D eigenvalue weighted by atomic mass is 32.2. The number of benzene rings is 1. The van der Waals surface area contributed by atoms with Gasteiger partial charge < -0.3 is 123 Å². The summed E-state index contributed by atoms with van der Waals surface area (Å²) < 4.78 is 85.8. The summed E-state index contributed by atoms with van der Waals surface area (Å²) >= 11 is 0. The maximum Gasteiger partial charge on any atom is 0.338 e. The van der Waals surface area contributed by atoms with Gasteiger partial charge in [-0.25, -0.2) is 4.79 Å². The molecule has 30 atom stereocenters. The van der Waals surface area contributed by atoms with Gasteiger partial charge in [0, 0.05) is 29.1 Å². The summed E-state index contributed by atoms with van der Waals surface area (Å²) in [7, 11) is -0.731. The molecule has 9 rings (SSSR count). The molecule has 1 aliphatic carbocycles. The number of esters is 1. The molecule has 0 unspecified atom stereocenters. The Balaban J connectivity index is 0.974. The fourth-order valence-electron chi connectivity index (χ4n) is 11.4. The monoisotopic (exact) mass is 1110 g/mol. The molecule has 0 aromatic heterocycles. The molecular weight excluding hydrogens is 1040 g/mol. The molecule has 430 valence electrons. The van der Waals surface area contributed by atoms with Crippen molar-refractivity contribution in [3.63, 3.8) is 0 Å². The maximum atomic E-state index is 14.5. The number of Topliss-reactive ketones (excluding diaryl/α,β-unsaturated/α-hetero) is 1. The molecule has 0 radical (unpaired) electrons. The van der Waals surface area contributed by atoms with E-state index < -0.39 is 218 Å². The molecule has 13 N–H and O–H groups in total. The number of hydrogen-bond acceptors (Lipinski definition) is 28. The normalized spacial score (nSPS) is 51.5. The van der Waals surface area contributed by atoms with E-state index in [1.165, 1.54) is 46.1 Å². The van der Waals surface area contributed by atoms with Crippen LogP contribution in [0.4, 0.5) is 0 Å². The first-order valence-electron chi connectivity index (χ1n) is 25.0. The van der Waals surface area contributed by atoms with Crippen molar-refractivity contribution in [2.24, 2.45) is 11.8 Å². The number of rotatable bonds is 12. The lowest BCUT2D eigenvalue weighted by molar-refractivity contribution is -0.408. The molecule has 1 spiro atoms. The Morgan fingerprint density at radius 1 is 0.711 bits per heavy atom. The van der Waals surface area contributed by atoms with Gasteiger partial charge >= 0.3 is 5.97 Å². The van der Waals surface area contributed by atoms with Gasteiger partial charge in [0.05, 0.1) is 67.4 Å². The molecule has 7 heterocycles. The van der Waals surface area contributed by atoms with Gasteiger partial charge in [-0.3, -0.25) is 9.00 Å². The number of carbonyl (C=O) groups excluding carboxylic acids is 2. The van der Waals surface area contributed by atoms with Gasteiger partial charge in [0.15, 0.2) is 42.3 Å². The number of aliphatic hydroxyl groups excluding tert-OH is 11. The van der Waals surface area contributed by atoms with Gasteiger partial charge in [0.25, 0.3) is 0 Å². The number of ether oxygens (including phenoxy) is 12. The molecule has 0 amide bonds. The minimum absolute atomic E-state index is 0.00393. The average Bonchev–Trinajstić information content (AvgIpc) is 3.93. The van der Waals surface area contributed by atoms with Gasteiger partial charge in [0.1, 0.15) is 91.6 Å². The second kappa shape index (κ2) is 22.3. The van der Waals surface area contributed by atoms with Crippen LogP contribution in [0.25, 0.3) is 0 Å². The highest BCUT2D eigenvalue weighted by molar-refractivity contribution is 7.86. The molecule has 1 saturated carbocycles. The van der Waals surface area contributed by atoms with Crippen molar-refractivity contribution < 1.29 is 137 Å². The third kappa shape index (κ3) is 10.1. The Bertz CT molecular complexity index is 2270. The van der Waals surface area contributed by atoms with Crippen molar-refractivity contribution in [1.82, 2.24) is 0 Å². The molecule has 28 nitrogen and oxygen atoms in total. The molecule has 8 aliphatic rings. The Labute approximate surface area is 436 Å². The Morgan fingerprint density at radius 2 is 1.28 bits per heavy atom. The number of fused-ring (bicyclic) bond motifs is 3. The minimum Gasteiger partial charge on any atom is -0.504 e. The second-order valence-corrected chi connectivity index (χ2v) is 22.6. The summed E-state index contributed by atoms with van der Waals surface area (Å²) in [5.41, 5.74) is -2.69. The summed E-state index contributed by atoms with van der Waals surface area (Å²) in [6, 6.07) is 3.79. The quantitative estimate of drug-likeness (QED) is 0.0866. The van der Waals surface area contributed by atoms with Crippen molar-refractivity contribution in [2.75, 3.05) is 26.1 Å². The van der Waals surface area contributed by atoms with Gasteiger partial charge in [-0.2, -0.15) is 0 Å². The third-order valence-electron chi connectivity index (χ3n) is 16.0. The first-order valence-corrected chi connectivity index (χ1v) is 26.4. The van der Waals surface area contributed by atoms with E-state index in [0.717, 1.165) is 0 Å². The van der Waals surface area contributed by atoms with Crippen LogP contribution in [0.1, 0.15) is 50.9 Å². The third-order valence-corrected chi connectivity index (χ3v) is 17.9. The molecular formula is C47H68O28S. The topological polar surface area (TPSA) is 425 Å². The van der Waals surface area contributed by atoms with Crippen LogP contribution in [-0.2, 0) is 67.7 Å². The zero-order valence-electron chi connectivity index (χ0n) is 41.7. The molecule has 7 aliphatic heterocycles. The van der Waals surface area contributed by atoms with E-state index in [-0.39, 0.29) is 29.4 Å². The van der Waals surface area contributed by atoms with Crippen LogP contribution >= 0.6 is 0 Å². The van der Waals surface area contributed by atoms with E-state index in [4.69, 9.17) is 56.8 Å². The van der Waals surface area contributed by atoms with E-state index in [1.54, 1.807) is 6.92 Å². The van der Waals surface area contributed by atoms with E-state index in [9.17, 15) is 80.2 Å². The number of hydrogen-bond donors (Lipinski definition) is 13. The number of ketones is 1. The summed E-state index contributed by atoms with van der Waals surface area (Å²) in [4.78, 5) is 27.8. The standard InChI is InChI=1S/C47H68O28S/c1-14-12-65-46(10-22(14)69-40(60)18-6-7-20(49)21(8-18)64-5)45(61)47(62)25(50)9-19-24(13-76(63)38(19)39(47)75-46)71-43-36(32(57)28(53)17(4)68-43)73-44-37(74-42-34(59)31(56)27(52)16(3)67-42)35(29(54)23(11-48)70-44)72-41-33(58)30(55)26(51)15(2)66-41/h6-8,14-17,19,22-39,41-44,48-59,62H,9-13H2,1-5H3/t14-,15+,16+,17-,19-,22+,23-,24+,25+,26+,27+,28-,29-,30-,31-,32+,33-,34-,35+,36-,37-,38+,39-,41+,42+,43+,44+,46+,47-,76+/m1/s1. The van der Waals surface area contributed by atoms with Crippen LogP contribution in [0.15, 0.2) is 18.2 Å². The van der Waals surface area contributed by atoms with E-state index >= 15 is 0 Å². The number of phenolic OH excluding ortho intramolecular Hbond substituents is 1. The first-order chi connectivity index (χ1) is 35.8. The Kier molecular flexibility index (Phi) is 17.0. The largest absolute Gasteiger partial charge is 0.504 e. The van der Waals surface area contributed by atoms with Crippen molar-refractivity contribution in [3.05, 3.63) is 23.8 Å². The fraction of sp³-hybridized carbons (Fsp3) is 0.830. The predicted octanol–water partition coefficient (Wildman–Crippen LogP) is -6.37. The van der Waals surface area contributed by atoms with E-state index in [2.05, 4.69) is 0 Å². The molecule has 7 saturated heterocycles. The minimum atomic E-state index is -2.69. The molecule has 1 aromatic carbocycles. The number of carbonyl (C=O) groups is 2. The summed E-state index contributed by atoms with van der Waals surface area (Å²) in [5.74, 6) is -6.35. The zero-order valence-corrected chi connectivity index (χ0v) is 42.5. The van der Waals surface area contributed by atoms with Crippen LogP contribution in [0.3, 0.4) is 0 Å². The van der Waals surface area contributed by atoms with Gasteiger partial charge in [-0.1, -0.05) is 6.92 Å². The Morgan fingerprint density at radius 3 is 1.88 bits per heavy atom. The van der Waals surface area contributed by atoms with E-state index in [1.807, 2.05) is 0 Å². The molecule has 1 aromatic rings. The van der Waals surface area contributed by atoms with Gasteiger partial charge in [-0.05, 0) is 45.4 Å². The van der Waals surface area contributed by atoms with Crippen molar-refractivity contribution in [3.8, 4) is 11.5 Å². The van der Waals surface area contributed by atoms with Crippen LogP contribution in [-0.4, -0.2) is 272 Å². The predicted molar refractivity (Wildman–Crippen MR) is 244 cm³/mol. The average molecular weight is 1110 g/mol. The Hall–Kier alpha value is -2.77. The van der Waals surface area contributed by atoms with Gasteiger partial charge in [0.2, 0.25) is 11.6 Å². The molecule has 0 bridgehead atoms. The number of aliphatic hydroxyl groups is 12. The van der Waals surface area contributed by atoms with Crippen LogP contribution in [0.5, 0.6) is 11.5 Å². The first kappa shape index (κ1) is 57.9. The molecule has 76 heavy (non-hydrogen) atoms. The highest BCUT2D eigenvalue weighted by Crippen LogP contribution is 2.54. The molecule has 8 fully saturated rings. The SMILES string of the molecule is COc1cc(C(=O)O[C@H]2C[C@]3(OC[C@H]2C)O[C@@H]2[C@@H]4[C@H](C[C@H](O)[C@]2(O)C3=O)[C@@H](O[C@@H]2O[C@H](C)[C@@H](O)[C@H](O)[C@H]2O[C@@H]2O[C@H](CO)[C@@H](O)[C@H](O[C@@H]3O[C@@H](C)[C@H](O)[C@@H](O)[C@H]3O)[C@H]2O[C@@H]2O[C@@H](C)[C@H](O)[C@@H](O)[C@H]2O)C[S@@]4=O)ccc1O. The van der Waals surface area contributed by atoms with Crippen LogP contribution in [0, 0.1) is 11.8 Å².